The van der Waals surface area contributed by atoms with Gasteiger partial charge in [-0.05, 0) is 10.4 Å². The van der Waals surface area contributed by atoms with Gasteiger partial charge >= 0.3 is 0 Å². The van der Waals surface area contributed by atoms with Crippen molar-refractivity contribution in [2.45, 2.75) is 12.6 Å². The number of epoxide rings is 1. The van der Waals surface area contributed by atoms with E-state index < -0.39 is 0 Å². The second-order valence-electron chi connectivity index (χ2n) is 3.98. The molecule has 0 unspecified atom stereocenters. The van der Waals surface area contributed by atoms with Crippen LogP contribution in [-0.4, -0.2) is 26.8 Å². The highest BCUT2D eigenvalue weighted by molar-refractivity contribution is 6.32. The fourth-order valence-corrected chi connectivity index (χ4v) is 2.48. The van der Waals surface area contributed by atoms with Crippen molar-refractivity contribution >= 4 is 11.6 Å². The highest BCUT2D eigenvalue weighted by atomic mass is 35.5. The number of ether oxygens (including phenoxy) is 1. The lowest BCUT2D eigenvalue weighted by Gasteiger charge is -2.05. The van der Waals surface area contributed by atoms with Gasteiger partial charge in [0, 0.05) is 16.7 Å². The molecule has 6 heteroatoms. The van der Waals surface area contributed by atoms with Crippen LogP contribution >= 0.6 is 11.6 Å². The number of hydrogen-bond donors (Lipinski definition) is 0. The van der Waals surface area contributed by atoms with E-state index in [9.17, 15) is 0 Å². The van der Waals surface area contributed by atoms with Gasteiger partial charge in [-0.1, -0.05) is 23.7 Å². The maximum absolute atomic E-state index is 6.37. The molecular formula is C10H7ClN4O. The zero-order valence-corrected chi connectivity index (χ0v) is 8.98. The number of nitrogens with zero attached hydrogens (tertiary/aromatic N) is 4. The molecule has 1 aromatic carbocycles. The lowest BCUT2D eigenvalue weighted by molar-refractivity contribution is 0.415. The number of rotatable bonds is 1. The number of halogens is 1. The summed E-state index contributed by atoms with van der Waals surface area (Å²) in [5, 5.41) is 12.3. The average molecular weight is 235 g/mol. The summed E-state index contributed by atoms with van der Waals surface area (Å²) >= 11 is 6.37. The van der Waals surface area contributed by atoms with Gasteiger partial charge in [-0.3, -0.25) is 0 Å². The molecule has 5 nitrogen and oxygen atoms in total. The molecule has 1 atom stereocenters. The molecule has 0 saturated carbocycles. The van der Waals surface area contributed by atoms with Gasteiger partial charge in [0.25, 0.3) is 0 Å². The Kier molecular flexibility index (Phi) is 1.52. The molecule has 2 aliphatic heterocycles. The van der Waals surface area contributed by atoms with Crippen LogP contribution in [0.15, 0.2) is 12.1 Å². The predicted octanol–water partition coefficient (Wildman–Crippen LogP) is 1.43. The van der Waals surface area contributed by atoms with E-state index in [0.29, 0.717) is 6.54 Å². The van der Waals surface area contributed by atoms with Crippen LogP contribution in [0.25, 0.3) is 11.4 Å². The van der Waals surface area contributed by atoms with E-state index in [4.69, 9.17) is 16.3 Å². The largest absolute Gasteiger partial charge is 0.368 e. The lowest BCUT2D eigenvalue weighted by Crippen LogP contribution is -1.97. The van der Waals surface area contributed by atoms with E-state index >= 15 is 0 Å². The van der Waals surface area contributed by atoms with Crippen molar-refractivity contribution in [3.63, 3.8) is 0 Å². The van der Waals surface area contributed by atoms with Crippen LogP contribution in [0, 0.1) is 0 Å². The molecule has 2 aromatic rings. The molecule has 80 valence electrons. The van der Waals surface area contributed by atoms with E-state index in [1.807, 2.05) is 12.1 Å². The van der Waals surface area contributed by atoms with Crippen LogP contribution in [-0.2, 0) is 11.3 Å². The standard InChI is InChI=1S/C10H7ClN4O/c11-9-6(8-4-16-8)2-1-5-7(9)3-15-10(5)12-13-14-15/h1-2,8H,3-4H2/t8-/m1/s1. The number of aromatic nitrogens is 4. The first-order chi connectivity index (χ1) is 7.84. The summed E-state index contributed by atoms with van der Waals surface area (Å²) in [5.41, 5.74) is 3.17. The summed E-state index contributed by atoms with van der Waals surface area (Å²) in [5.74, 6) is 0.792. The Morgan fingerprint density at radius 1 is 1.44 bits per heavy atom. The molecule has 0 amide bonds. The number of tetrazole rings is 1. The van der Waals surface area contributed by atoms with Gasteiger partial charge in [0.05, 0.1) is 18.2 Å². The van der Waals surface area contributed by atoms with Crippen molar-refractivity contribution in [2.75, 3.05) is 6.61 Å². The molecule has 1 fully saturated rings. The van der Waals surface area contributed by atoms with E-state index in [1.165, 1.54) is 0 Å². The van der Waals surface area contributed by atoms with Crippen molar-refractivity contribution < 1.29 is 4.74 Å². The maximum Gasteiger partial charge on any atom is 0.182 e. The van der Waals surface area contributed by atoms with E-state index in [0.717, 1.165) is 34.1 Å². The Morgan fingerprint density at radius 3 is 3.12 bits per heavy atom. The third-order valence-corrected chi connectivity index (χ3v) is 3.48. The zero-order valence-electron chi connectivity index (χ0n) is 8.22. The first kappa shape index (κ1) is 8.66. The van der Waals surface area contributed by atoms with Crippen LogP contribution in [0.4, 0.5) is 0 Å². The number of benzene rings is 1. The first-order valence-electron chi connectivity index (χ1n) is 5.04. The Morgan fingerprint density at radius 2 is 2.31 bits per heavy atom. The summed E-state index contributed by atoms with van der Waals surface area (Å²) in [6.45, 7) is 1.42. The first-order valence-corrected chi connectivity index (χ1v) is 5.42. The van der Waals surface area contributed by atoms with E-state index in [2.05, 4.69) is 15.5 Å². The summed E-state index contributed by atoms with van der Waals surface area (Å²) in [4.78, 5) is 0. The minimum atomic E-state index is 0.178. The Balaban J connectivity index is 1.94. The van der Waals surface area contributed by atoms with Gasteiger partial charge in [0.1, 0.15) is 6.10 Å². The van der Waals surface area contributed by atoms with Gasteiger partial charge in [-0.15, -0.1) is 5.10 Å². The molecule has 0 aliphatic carbocycles. The van der Waals surface area contributed by atoms with Crippen molar-refractivity contribution in [1.82, 2.24) is 20.2 Å². The summed E-state index contributed by atoms with van der Waals surface area (Å²) in [6.07, 6.45) is 0.178. The third kappa shape index (κ3) is 1.02. The third-order valence-electron chi connectivity index (χ3n) is 3.03. The summed E-state index contributed by atoms with van der Waals surface area (Å²) < 4.78 is 7.02. The van der Waals surface area contributed by atoms with Gasteiger partial charge in [-0.2, -0.15) is 0 Å². The molecule has 0 N–H and O–H groups in total. The van der Waals surface area contributed by atoms with Gasteiger partial charge in [-0.25, -0.2) is 4.68 Å². The molecule has 0 spiro atoms. The van der Waals surface area contributed by atoms with Crippen LogP contribution in [0.3, 0.4) is 0 Å². The van der Waals surface area contributed by atoms with Crippen LogP contribution in [0.1, 0.15) is 17.2 Å². The van der Waals surface area contributed by atoms with Crippen LogP contribution in [0.5, 0.6) is 0 Å². The molecule has 16 heavy (non-hydrogen) atoms. The second kappa shape index (κ2) is 2.81. The SMILES string of the molecule is Clc1c([C@H]2CO2)ccc2c1Cn1nnnc1-2. The van der Waals surface area contributed by atoms with E-state index in [1.54, 1.807) is 4.68 Å². The zero-order chi connectivity index (χ0) is 10.7. The van der Waals surface area contributed by atoms with Crippen molar-refractivity contribution in [3.05, 3.63) is 28.3 Å². The topological polar surface area (TPSA) is 56.1 Å². The predicted molar refractivity (Wildman–Crippen MR) is 56.1 cm³/mol. The van der Waals surface area contributed by atoms with Gasteiger partial charge in [0.15, 0.2) is 5.82 Å². The minimum Gasteiger partial charge on any atom is -0.368 e. The molecule has 1 aromatic heterocycles. The maximum atomic E-state index is 6.37. The molecule has 2 aliphatic rings. The quantitative estimate of drug-likeness (QED) is 0.598. The molecule has 1 saturated heterocycles. The Bertz CT molecular complexity index is 591. The fraction of sp³-hybridized carbons (Fsp3) is 0.300. The van der Waals surface area contributed by atoms with Crippen LogP contribution in [0.2, 0.25) is 5.02 Å². The highest BCUT2D eigenvalue weighted by Gasteiger charge is 2.31. The molecule has 4 rings (SSSR count). The van der Waals surface area contributed by atoms with Crippen molar-refractivity contribution in [2.24, 2.45) is 0 Å². The van der Waals surface area contributed by atoms with Crippen molar-refractivity contribution in [1.29, 1.82) is 0 Å². The summed E-state index contributed by atoms with van der Waals surface area (Å²) in [7, 11) is 0. The van der Waals surface area contributed by atoms with Gasteiger partial charge in [0.2, 0.25) is 0 Å². The monoisotopic (exact) mass is 234 g/mol. The smallest absolute Gasteiger partial charge is 0.182 e. The van der Waals surface area contributed by atoms with Crippen LogP contribution < -0.4 is 0 Å². The Hall–Kier alpha value is -1.46. The molecule has 0 radical (unpaired) electrons. The molecule has 3 heterocycles. The van der Waals surface area contributed by atoms with E-state index in [-0.39, 0.29) is 6.10 Å². The average Bonchev–Trinajstić information content (AvgIpc) is 2.89. The van der Waals surface area contributed by atoms with Crippen molar-refractivity contribution in [3.8, 4) is 11.4 Å². The summed E-state index contributed by atoms with van der Waals surface area (Å²) in [6, 6.07) is 4.02. The number of hydrogen-bond acceptors (Lipinski definition) is 4. The Labute approximate surface area is 96.0 Å². The second-order valence-corrected chi connectivity index (χ2v) is 4.35. The fourth-order valence-electron chi connectivity index (χ4n) is 2.13. The normalized spacial score (nSPS) is 20.7. The lowest BCUT2D eigenvalue weighted by atomic mass is 10.0. The highest BCUT2D eigenvalue weighted by Crippen LogP contribution is 2.41. The van der Waals surface area contributed by atoms with Gasteiger partial charge < -0.3 is 4.74 Å². The molecule has 0 bridgehead atoms. The molecular weight excluding hydrogens is 228 g/mol. The number of fused-ring (bicyclic) bond motifs is 3. The minimum absolute atomic E-state index is 0.178.